The van der Waals surface area contributed by atoms with E-state index in [1.54, 1.807) is 6.33 Å². The van der Waals surface area contributed by atoms with Crippen molar-refractivity contribution >= 4 is 28.9 Å². The maximum absolute atomic E-state index is 6.26. The van der Waals surface area contributed by atoms with E-state index in [-0.39, 0.29) is 0 Å². The molecule has 0 saturated heterocycles. The van der Waals surface area contributed by atoms with E-state index in [0.717, 1.165) is 23.6 Å². The van der Waals surface area contributed by atoms with Gasteiger partial charge in [-0.25, -0.2) is 9.97 Å². The highest BCUT2D eigenvalue weighted by Crippen LogP contribution is 2.24. The Morgan fingerprint density at radius 3 is 1.82 bits per heavy atom. The third-order valence-electron chi connectivity index (χ3n) is 6.11. The van der Waals surface area contributed by atoms with E-state index in [4.69, 9.17) is 17.3 Å². The van der Waals surface area contributed by atoms with Crippen molar-refractivity contribution in [2.75, 3.05) is 22.9 Å². The summed E-state index contributed by atoms with van der Waals surface area (Å²) in [6.07, 6.45) is 20.7. The quantitative estimate of drug-likeness (QED) is 0.179. The van der Waals surface area contributed by atoms with Gasteiger partial charge >= 0.3 is 0 Å². The van der Waals surface area contributed by atoms with Gasteiger partial charge in [0.2, 0.25) is 0 Å². The number of benzene rings is 1. The lowest BCUT2D eigenvalue weighted by Crippen LogP contribution is -2.11. The fourth-order valence-corrected chi connectivity index (χ4v) is 4.23. The molecule has 6 heteroatoms. The van der Waals surface area contributed by atoms with Gasteiger partial charge in [-0.1, -0.05) is 120 Å². The first kappa shape index (κ1) is 27.2. The van der Waals surface area contributed by atoms with Crippen LogP contribution in [0.4, 0.5) is 17.3 Å². The van der Waals surface area contributed by atoms with Crippen LogP contribution in [0.25, 0.3) is 0 Å². The standard InChI is InChI=1S/C27H44ClN5/c1-2-3-4-5-6-7-8-9-10-11-12-13-14-17-20-30-26-25(29)27(33-22-32-26)31-21-23-18-15-16-19-24(23)28/h15-16,18-19,22H,2-14,17,20-21,29H2,1H3,(H2,30,31,32,33). The van der Waals surface area contributed by atoms with Gasteiger partial charge in [0.05, 0.1) is 0 Å². The van der Waals surface area contributed by atoms with Gasteiger partial charge in [0.25, 0.3) is 0 Å². The summed E-state index contributed by atoms with van der Waals surface area (Å²) in [5.41, 5.74) is 7.82. The van der Waals surface area contributed by atoms with Gasteiger partial charge in [-0.15, -0.1) is 0 Å². The highest BCUT2D eigenvalue weighted by Gasteiger charge is 2.08. The van der Waals surface area contributed by atoms with Crippen molar-refractivity contribution in [2.45, 2.75) is 103 Å². The lowest BCUT2D eigenvalue weighted by Gasteiger charge is -2.13. The molecule has 0 unspecified atom stereocenters. The van der Waals surface area contributed by atoms with Crippen molar-refractivity contribution in [1.29, 1.82) is 0 Å². The summed E-state index contributed by atoms with van der Waals surface area (Å²) in [6, 6.07) is 7.76. The number of rotatable bonds is 19. The monoisotopic (exact) mass is 473 g/mol. The van der Waals surface area contributed by atoms with Gasteiger partial charge in [-0.3, -0.25) is 0 Å². The maximum atomic E-state index is 6.26. The van der Waals surface area contributed by atoms with Gasteiger partial charge in [-0.05, 0) is 18.1 Å². The zero-order valence-electron chi connectivity index (χ0n) is 20.6. The van der Waals surface area contributed by atoms with E-state index in [2.05, 4.69) is 27.5 Å². The molecule has 0 fully saturated rings. The molecule has 5 nitrogen and oxygen atoms in total. The first-order chi connectivity index (χ1) is 16.2. The number of aromatic nitrogens is 2. The summed E-state index contributed by atoms with van der Waals surface area (Å²) in [5, 5.41) is 7.36. The number of nitrogens with two attached hydrogens (primary N) is 1. The molecule has 0 spiro atoms. The fourth-order valence-electron chi connectivity index (χ4n) is 4.02. The maximum Gasteiger partial charge on any atom is 0.155 e. The van der Waals surface area contributed by atoms with E-state index >= 15 is 0 Å². The molecule has 1 aromatic carbocycles. The third kappa shape index (κ3) is 11.6. The first-order valence-corrected chi connectivity index (χ1v) is 13.4. The van der Waals surface area contributed by atoms with Crippen LogP contribution >= 0.6 is 11.6 Å². The second kappa shape index (κ2) is 17.5. The summed E-state index contributed by atoms with van der Waals surface area (Å²) < 4.78 is 0. The van der Waals surface area contributed by atoms with Crippen LogP contribution in [0.15, 0.2) is 30.6 Å². The molecule has 0 amide bonds. The van der Waals surface area contributed by atoms with Gasteiger partial charge < -0.3 is 16.4 Å². The van der Waals surface area contributed by atoms with E-state index in [1.165, 1.54) is 83.5 Å². The number of hydrogen-bond donors (Lipinski definition) is 3. The molecule has 2 aromatic rings. The van der Waals surface area contributed by atoms with E-state index < -0.39 is 0 Å². The number of anilines is 3. The van der Waals surface area contributed by atoms with Crippen LogP contribution in [-0.2, 0) is 6.54 Å². The van der Waals surface area contributed by atoms with Crippen molar-refractivity contribution in [3.63, 3.8) is 0 Å². The summed E-state index contributed by atoms with van der Waals surface area (Å²) in [7, 11) is 0. The van der Waals surface area contributed by atoms with Gasteiger partial charge in [0.15, 0.2) is 11.6 Å². The normalized spacial score (nSPS) is 11.0. The smallest absolute Gasteiger partial charge is 0.155 e. The van der Waals surface area contributed by atoms with Crippen LogP contribution in [0.2, 0.25) is 5.02 Å². The molecule has 0 aliphatic rings. The highest BCUT2D eigenvalue weighted by molar-refractivity contribution is 6.31. The second-order valence-electron chi connectivity index (χ2n) is 8.95. The van der Waals surface area contributed by atoms with Crippen molar-refractivity contribution in [3.8, 4) is 0 Å². The zero-order valence-corrected chi connectivity index (χ0v) is 21.3. The molecular formula is C27H44ClN5. The molecule has 0 aliphatic heterocycles. The topological polar surface area (TPSA) is 75.9 Å². The minimum atomic E-state index is 0.551. The molecule has 1 aromatic heterocycles. The SMILES string of the molecule is CCCCCCCCCCCCCCCCNc1ncnc(NCc2ccccc2Cl)c1N. The molecule has 0 aliphatic carbocycles. The lowest BCUT2D eigenvalue weighted by molar-refractivity contribution is 0.537. The lowest BCUT2D eigenvalue weighted by atomic mass is 10.0. The van der Waals surface area contributed by atoms with Crippen LogP contribution < -0.4 is 16.4 Å². The molecule has 184 valence electrons. The molecule has 0 bridgehead atoms. The summed E-state index contributed by atoms with van der Waals surface area (Å²) in [5.74, 6) is 1.33. The third-order valence-corrected chi connectivity index (χ3v) is 6.48. The number of hydrogen-bond acceptors (Lipinski definition) is 5. The Hall–Kier alpha value is -2.01. The molecule has 1 heterocycles. The molecular weight excluding hydrogens is 430 g/mol. The van der Waals surface area contributed by atoms with Crippen LogP contribution in [0, 0.1) is 0 Å². The van der Waals surface area contributed by atoms with E-state index in [1.807, 2.05) is 24.3 Å². The summed E-state index contributed by atoms with van der Waals surface area (Å²) in [4.78, 5) is 8.58. The van der Waals surface area contributed by atoms with Crippen LogP contribution in [0.1, 0.15) is 102 Å². The Balaban J connectivity index is 1.50. The average Bonchev–Trinajstić information content (AvgIpc) is 2.82. The Kier molecular flexibility index (Phi) is 14.4. The number of nitrogens with one attached hydrogen (secondary N) is 2. The molecule has 0 saturated carbocycles. The van der Waals surface area contributed by atoms with E-state index in [9.17, 15) is 0 Å². The van der Waals surface area contributed by atoms with E-state index in [0.29, 0.717) is 23.9 Å². The zero-order chi connectivity index (χ0) is 23.6. The Labute approximate surface area is 206 Å². The Morgan fingerprint density at radius 1 is 0.727 bits per heavy atom. The molecule has 0 atom stereocenters. The van der Waals surface area contributed by atoms with Crippen molar-refractivity contribution in [1.82, 2.24) is 9.97 Å². The predicted molar refractivity (Wildman–Crippen MR) is 144 cm³/mol. The molecule has 0 radical (unpaired) electrons. The van der Waals surface area contributed by atoms with Crippen LogP contribution in [-0.4, -0.2) is 16.5 Å². The highest BCUT2D eigenvalue weighted by atomic mass is 35.5. The minimum Gasteiger partial charge on any atom is -0.393 e. The van der Waals surface area contributed by atoms with Gasteiger partial charge in [0, 0.05) is 18.1 Å². The van der Waals surface area contributed by atoms with Crippen molar-refractivity contribution in [3.05, 3.63) is 41.2 Å². The number of halogens is 1. The fraction of sp³-hybridized carbons (Fsp3) is 0.630. The van der Waals surface area contributed by atoms with Crippen molar-refractivity contribution in [2.24, 2.45) is 0 Å². The average molecular weight is 474 g/mol. The summed E-state index contributed by atoms with van der Waals surface area (Å²) >= 11 is 6.22. The van der Waals surface area contributed by atoms with Crippen LogP contribution in [0.5, 0.6) is 0 Å². The predicted octanol–water partition coefficient (Wildman–Crippen LogP) is 8.22. The second-order valence-corrected chi connectivity index (χ2v) is 9.36. The number of nitrogen functional groups attached to an aromatic ring is 1. The number of nitrogens with zero attached hydrogens (tertiary/aromatic N) is 2. The number of unbranched alkanes of at least 4 members (excludes halogenated alkanes) is 13. The molecule has 4 N–H and O–H groups in total. The first-order valence-electron chi connectivity index (χ1n) is 13.0. The van der Waals surface area contributed by atoms with Crippen molar-refractivity contribution < 1.29 is 0 Å². The van der Waals surface area contributed by atoms with Crippen LogP contribution in [0.3, 0.4) is 0 Å². The Morgan fingerprint density at radius 2 is 1.24 bits per heavy atom. The largest absolute Gasteiger partial charge is 0.393 e. The van der Waals surface area contributed by atoms with Gasteiger partial charge in [0.1, 0.15) is 12.0 Å². The molecule has 2 rings (SSSR count). The Bertz CT molecular complexity index is 768. The molecule has 33 heavy (non-hydrogen) atoms. The minimum absolute atomic E-state index is 0.551. The van der Waals surface area contributed by atoms with Gasteiger partial charge in [-0.2, -0.15) is 0 Å². The summed E-state index contributed by atoms with van der Waals surface area (Å²) in [6.45, 7) is 3.73.